The summed E-state index contributed by atoms with van der Waals surface area (Å²) in [6, 6.07) is 0. The van der Waals surface area contributed by atoms with Crippen LogP contribution in [0.25, 0.3) is 0 Å². The predicted molar refractivity (Wildman–Crippen MR) is 68.5 cm³/mol. The van der Waals surface area contributed by atoms with Gasteiger partial charge in [-0.15, -0.1) is 0 Å². The van der Waals surface area contributed by atoms with Gasteiger partial charge in [0.2, 0.25) is 0 Å². The molecule has 0 radical (unpaired) electrons. The van der Waals surface area contributed by atoms with Gasteiger partial charge in [-0.25, -0.2) is 0 Å². The van der Waals surface area contributed by atoms with Crippen molar-refractivity contribution in [1.82, 2.24) is 5.32 Å². The van der Waals surface area contributed by atoms with Crippen molar-refractivity contribution in [1.29, 1.82) is 0 Å². The van der Waals surface area contributed by atoms with E-state index in [2.05, 4.69) is 19.2 Å². The Morgan fingerprint density at radius 3 is 2.67 bits per heavy atom. The lowest BCUT2D eigenvalue weighted by molar-refractivity contribution is 0.366. The van der Waals surface area contributed by atoms with Crippen LogP contribution in [0.15, 0.2) is 4.99 Å². The monoisotopic (exact) mass is 226 g/mol. The highest BCUT2D eigenvalue weighted by atomic mass is 32.2. The third kappa shape index (κ3) is 3.40. The molecule has 1 aliphatic heterocycles. The molecule has 0 atom stereocenters. The van der Waals surface area contributed by atoms with Crippen LogP contribution in [-0.4, -0.2) is 23.0 Å². The number of thioether (sulfide) groups is 1. The largest absolute Gasteiger partial charge is 0.359 e. The van der Waals surface area contributed by atoms with Gasteiger partial charge in [0.25, 0.3) is 0 Å². The molecule has 1 saturated heterocycles. The van der Waals surface area contributed by atoms with Crippen LogP contribution in [0.5, 0.6) is 0 Å². The minimum absolute atomic E-state index is 0.246. The first-order valence-corrected chi connectivity index (χ1v) is 7.10. The van der Waals surface area contributed by atoms with Crippen LogP contribution in [0.1, 0.15) is 46.0 Å². The standard InChI is InChI=1S/C12H22N2S/c1-12(2)9-15-11(14-12)13-8-10-6-4-3-5-7-10/h10H,3-9H2,1-2H3,(H,13,14). The fraction of sp³-hybridized carbons (Fsp3) is 0.917. The Kier molecular flexibility index (Phi) is 3.60. The first kappa shape index (κ1) is 11.3. The molecule has 0 unspecified atom stereocenters. The van der Waals surface area contributed by atoms with E-state index in [-0.39, 0.29) is 5.54 Å². The summed E-state index contributed by atoms with van der Waals surface area (Å²) < 4.78 is 0. The second kappa shape index (κ2) is 4.77. The van der Waals surface area contributed by atoms with Gasteiger partial charge in [0.1, 0.15) is 0 Å². The lowest BCUT2D eigenvalue weighted by Gasteiger charge is -2.20. The fourth-order valence-electron chi connectivity index (χ4n) is 2.28. The van der Waals surface area contributed by atoms with E-state index in [0.717, 1.165) is 18.2 Å². The molecule has 0 amide bonds. The fourth-order valence-corrected chi connectivity index (χ4v) is 3.36. The molecular weight excluding hydrogens is 204 g/mol. The third-order valence-electron chi connectivity index (χ3n) is 3.23. The molecule has 1 aliphatic carbocycles. The lowest BCUT2D eigenvalue weighted by atomic mass is 9.89. The maximum absolute atomic E-state index is 4.71. The molecule has 0 aromatic rings. The topological polar surface area (TPSA) is 24.4 Å². The van der Waals surface area contributed by atoms with Gasteiger partial charge >= 0.3 is 0 Å². The number of nitrogens with one attached hydrogen (secondary N) is 1. The van der Waals surface area contributed by atoms with E-state index in [1.165, 1.54) is 37.3 Å². The lowest BCUT2D eigenvalue weighted by Crippen LogP contribution is -2.37. The molecule has 2 nitrogen and oxygen atoms in total. The average molecular weight is 226 g/mol. The summed E-state index contributed by atoms with van der Waals surface area (Å²) in [4.78, 5) is 4.71. The van der Waals surface area contributed by atoms with Gasteiger partial charge in [0.05, 0.1) is 0 Å². The maximum atomic E-state index is 4.71. The quantitative estimate of drug-likeness (QED) is 0.782. The molecule has 86 valence electrons. The molecule has 0 bridgehead atoms. The van der Waals surface area contributed by atoms with Crippen LogP contribution < -0.4 is 5.32 Å². The van der Waals surface area contributed by atoms with E-state index in [0.29, 0.717) is 0 Å². The molecule has 15 heavy (non-hydrogen) atoms. The van der Waals surface area contributed by atoms with E-state index >= 15 is 0 Å². The number of amidine groups is 1. The Labute approximate surface area is 97.3 Å². The molecule has 1 heterocycles. The van der Waals surface area contributed by atoms with Gasteiger partial charge in [0.15, 0.2) is 5.17 Å². The molecular formula is C12H22N2S. The molecule has 0 aromatic carbocycles. The first-order valence-electron chi connectivity index (χ1n) is 6.11. The highest BCUT2D eigenvalue weighted by molar-refractivity contribution is 8.14. The van der Waals surface area contributed by atoms with Gasteiger partial charge in [-0.2, -0.15) is 0 Å². The van der Waals surface area contributed by atoms with Crippen molar-refractivity contribution in [2.75, 3.05) is 12.3 Å². The van der Waals surface area contributed by atoms with E-state index < -0.39 is 0 Å². The summed E-state index contributed by atoms with van der Waals surface area (Å²) in [5.74, 6) is 2.01. The van der Waals surface area contributed by atoms with E-state index in [1.807, 2.05) is 11.8 Å². The predicted octanol–water partition coefficient (Wildman–Crippen LogP) is 3.04. The molecule has 2 rings (SSSR count). The van der Waals surface area contributed by atoms with Crippen molar-refractivity contribution in [3.63, 3.8) is 0 Å². The minimum atomic E-state index is 0.246. The van der Waals surface area contributed by atoms with E-state index in [4.69, 9.17) is 4.99 Å². The first-order chi connectivity index (χ1) is 7.16. The zero-order valence-electron chi connectivity index (χ0n) is 9.88. The Hall–Kier alpha value is -0.180. The van der Waals surface area contributed by atoms with Crippen LogP contribution in [-0.2, 0) is 0 Å². The van der Waals surface area contributed by atoms with Crippen LogP contribution in [0.2, 0.25) is 0 Å². The smallest absolute Gasteiger partial charge is 0.157 e. The number of rotatable bonds is 2. The summed E-state index contributed by atoms with van der Waals surface area (Å²) in [7, 11) is 0. The Morgan fingerprint density at radius 2 is 2.07 bits per heavy atom. The number of aliphatic imine (C=N–C) groups is 1. The zero-order valence-corrected chi connectivity index (χ0v) is 10.7. The Bertz CT molecular complexity index is 242. The van der Waals surface area contributed by atoms with Crippen molar-refractivity contribution in [3.05, 3.63) is 0 Å². The van der Waals surface area contributed by atoms with Crippen molar-refractivity contribution in [2.45, 2.75) is 51.5 Å². The van der Waals surface area contributed by atoms with Crippen LogP contribution in [0.4, 0.5) is 0 Å². The summed E-state index contributed by atoms with van der Waals surface area (Å²) in [6.07, 6.45) is 7.06. The molecule has 0 aromatic heterocycles. The highest BCUT2D eigenvalue weighted by Crippen LogP contribution is 2.26. The van der Waals surface area contributed by atoms with Gasteiger partial charge in [-0.3, -0.25) is 4.99 Å². The van der Waals surface area contributed by atoms with Crippen LogP contribution in [0.3, 0.4) is 0 Å². The molecule has 2 fully saturated rings. The summed E-state index contributed by atoms with van der Waals surface area (Å²) >= 11 is 1.88. The molecule has 1 saturated carbocycles. The third-order valence-corrected chi connectivity index (χ3v) is 4.60. The molecule has 0 spiro atoms. The summed E-state index contributed by atoms with van der Waals surface area (Å²) in [5, 5.41) is 4.65. The van der Waals surface area contributed by atoms with Crippen molar-refractivity contribution in [3.8, 4) is 0 Å². The highest BCUT2D eigenvalue weighted by Gasteiger charge is 2.27. The van der Waals surface area contributed by atoms with E-state index in [1.54, 1.807) is 0 Å². The minimum Gasteiger partial charge on any atom is -0.359 e. The molecule has 3 heteroatoms. The second-order valence-electron chi connectivity index (χ2n) is 5.45. The van der Waals surface area contributed by atoms with Crippen LogP contribution in [0, 0.1) is 5.92 Å². The van der Waals surface area contributed by atoms with Gasteiger partial charge in [0, 0.05) is 17.8 Å². The van der Waals surface area contributed by atoms with Crippen molar-refractivity contribution < 1.29 is 0 Å². The van der Waals surface area contributed by atoms with Crippen molar-refractivity contribution in [2.24, 2.45) is 10.9 Å². The van der Waals surface area contributed by atoms with Crippen LogP contribution >= 0.6 is 11.8 Å². The summed E-state index contributed by atoms with van der Waals surface area (Å²) in [5.41, 5.74) is 0.246. The zero-order chi connectivity index (χ0) is 10.7. The average Bonchev–Trinajstić information content (AvgIpc) is 2.57. The summed E-state index contributed by atoms with van der Waals surface area (Å²) in [6.45, 7) is 5.53. The second-order valence-corrected chi connectivity index (χ2v) is 6.41. The molecule has 1 N–H and O–H groups in total. The number of hydrogen-bond acceptors (Lipinski definition) is 2. The maximum Gasteiger partial charge on any atom is 0.157 e. The van der Waals surface area contributed by atoms with Gasteiger partial charge < -0.3 is 5.32 Å². The van der Waals surface area contributed by atoms with E-state index in [9.17, 15) is 0 Å². The number of hydrogen-bond donors (Lipinski definition) is 1. The van der Waals surface area contributed by atoms with Crippen molar-refractivity contribution >= 4 is 16.9 Å². The Balaban J connectivity index is 1.79. The number of nitrogens with zero attached hydrogens (tertiary/aromatic N) is 1. The Morgan fingerprint density at radius 1 is 1.33 bits per heavy atom. The van der Waals surface area contributed by atoms with Gasteiger partial charge in [-0.05, 0) is 32.6 Å². The van der Waals surface area contributed by atoms with Gasteiger partial charge in [-0.1, -0.05) is 31.0 Å². The molecule has 2 aliphatic rings. The SMILES string of the molecule is CC1(C)CSC(=NCC2CCCCC2)N1. The normalized spacial score (nSPS) is 29.3.